The maximum absolute atomic E-state index is 11.9. The van der Waals surface area contributed by atoms with Crippen molar-refractivity contribution in [1.82, 2.24) is 10.0 Å². The fraction of sp³-hybridized carbons (Fsp3) is 0.200. The summed E-state index contributed by atoms with van der Waals surface area (Å²) in [5.74, 6) is 0.391. The van der Waals surface area contributed by atoms with Crippen LogP contribution in [0.1, 0.15) is 16.1 Å². The molecule has 0 saturated heterocycles. The van der Waals surface area contributed by atoms with Gasteiger partial charge in [0, 0.05) is 18.8 Å². The Hall–Kier alpha value is -2.40. The lowest BCUT2D eigenvalue weighted by molar-refractivity contribution is -0.0757. The van der Waals surface area contributed by atoms with E-state index >= 15 is 0 Å². The van der Waals surface area contributed by atoms with Crippen LogP contribution in [0.5, 0.6) is 5.75 Å². The number of hydrogen-bond acceptors (Lipinski definition) is 4. The Balaban J connectivity index is 2.05. The molecule has 5 heteroatoms. The fourth-order valence-electron chi connectivity index (χ4n) is 1.62. The topological polar surface area (TPSA) is 51.7 Å². The van der Waals surface area contributed by atoms with Crippen LogP contribution in [0.3, 0.4) is 0 Å². The smallest absolute Gasteiger partial charge is 0.277 e. The molecule has 1 amide bonds. The van der Waals surface area contributed by atoms with Crippen LogP contribution < -0.4 is 4.74 Å². The van der Waals surface area contributed by atoms with Crippen molar-refractivity contribution in [2.24, 2.45) is 0 Å². The van der Waals surface area contributed by atoms with Crippen molar-refractivity contribution in [2.45, 2.75) is 6.61 Å². The fourth-order valence-corrected chi connectivity index (χ4v) is 1.62. The molecule has 0 aliphatic rings. The van der Waals surface area contributed by atoms with Crippen molar-refractivity contribution in [1.29, 1.82) is 0 Å². The maximum Gasteiger partial charge on any atom is 0.277 e. The van der Waals surface area contributed by atoms with E-state index in [4.69, 9.17) is 9.57 Å². The van der Waals surface area contributed by atoms with E-state index in [0.717, 1.165) is 10.8 Å². The highest BCUT2D eigenvalue weighted by molar-refractivity contribution is 5.93. The lowest BCUT2D eigenvalue weighted by Gasteiger charge is -2.14. The minimum absolute atomic E-state index is 0.226. The largest absolute Gasteiger partial charge is 0.487 e. The van der Waals surface area contributed by atoms with Crippen LogP contribution in [-0.2, 0) is 11.4 Å². The summed E-state index contributed by atoms with van der Waals surface area (Å²) in [6.45, 7) is 0.360. The van der Waals surface area contributed by atoms with Gasteiger partial charge in [0.15, 0.2) is 0 Å². The predicted molar refractivity (Wildman–Crippen MR) is 74.1 cm³/mol. The van der Waals surface area contributed by atoms with Crippen LogP contribution in [0.25, 0.3) is 0 Å². The van der Waals surface area contributed by atoms with E-state index in [0.29, 0.717) is 17.9 Å². The van der Waals surface area contributed by atoms with E-state index in [9.17, 15) is 4.79 Å². The molecule has 0 radical (unpaired) electrons. The molecule has 104 valence electrons. The van der Waals surface area contributed by atoms with Gasteiger partial charge in [-0.25, -0.2) is 5.06 Å². The molecule has 1 heterocycles. The molecule has 0 unspecified atom stereocenters. The number of carbonyl (C=O) groups excluding carboxylic acids is 1. The molecule has 0 bridgehead atoms. The number of pyridine rings is 1. The average molecular weight is 272 g/mol. The van der Waals surface area contributed by atoms with Crippen molar-refractivity contribution in [3.63, 3.8) is 0 Å². The first kappa shape index (κ1) is 14.0. The van der Waals surface area contributed by atoms with Gasteiger partial charge in [-0.1, -0.05) is 12.1 Å². The zero-order chi connectivity index (χ0) is 14.4. The number of amides is 1. The SMILES string of the molecule is CON(C)C(=O)c1cccc(OCc2ccccn2)c1. The number of hydrogen-bond donors (Lipinski definition) is 0. The van der Waals surface area contributed by atoms with Crippen molar-refractivity contribution < 1.29 is 14.4 Å². The van der Waals surface area contributed by atoms with Crippen molar-refractivity contribution in [3.8, 4) is 5.75 Å². The van der Waals surface area contributed by atoms with Gasteiger partial charge in [-0.15, -0.1) is 0 Å². The summed E-state index contributed by atoms with van der Waals surface area (Å²) in [5, 5.41) is 1.16. The minimum Gasteiger partial charge on any atom is -0.487 e. The first-order valence-corrected chi connectivity index (χ1v) is 6.15. The summed E-state index contributed by atoms with van der Waals surface area (Å²) in [6, 6.07) is 12.6. The molecule has 0 atom stereocenters. The molecule has 0 aliphatic carbocycles. The van der Waals surface area contributed by atoms with Gasteiger partial charge in [0.2, 0.25) is 0 Å². The average Bonchev–Trinajstić information content (AvgIpc) is 2.52. The summed E-state index contributed by atoms with van der Waals surface area (Å²) in [6.07, 6.45) is 1.71. The molecule has 1 aromatic carbocycles. The summed E-state index contributed by atoms with van der Waals surface area (Å²) >= 11 is 0. The van der Waals surface area contributed by atoms with Crippen molar-refractivity contribution in [3.05, 3.63) is 59.9 Å². The lowest BCUT2D eigenvalue weighted by atomic mass is 10.2. The summed E-state index contributed by atoms with van der Waals surface area (Å²) in [7, 11) is 3.00. The van der Waals surface area contributed by atoms with Crippen LogP contribution >= 0.6 is 0 Å². The third-order valence-electron chi connectivity index (χ3n) is 2.75. The molecule has 2 rings (SSSR count). The number of ether oxygens (including phenoxy) is 1. The number of carbonyl (C=O) groups is 1. The maximum atomic E-state index is 11.9. The third kappa shape index (κ3) is 3.55. The van der Waals surface area contributed by atoms with Crippen LogP contribution in [0.4, 0.5) is 0 Å². The Morgan fingerprint density at radius 1 is 1.25 bits per heavy atom. The van der Waals surface area contributed by atoms with Gasteiger partial charge in [-0.05, 0) is 30.3 Å². The van der Waals surface area contributed by atoms with Crippen LogP contribution in [-0.4, -0.2) is 30.1 Å². The third-order valence-corrected chi connectivity index (χ3v) is 2.75. The molecule has 0 saturated carbocycles. The quantitative estimate of drug-likeness (QED) is 0.784. The van der Waals surface area contributed by atoms with Gasteiger partial charge >= 0.3 is 0 Å². The molecule has 20 heavy (non-hydrogen) atoms. The number of benzene rings is 1. The Kier molecular flexibility index (Phi) is 4.68. The van der Waals surface area contributed by atoms with Gasteiger partial charge in [-0.3, -0.25) is 14.6 Å². The molecule has 0 spiro atoms. The summed E-state index contributed by atoms with van der Waals surface area (Å²) in [4.78, 5) is 21.0. The molecular formula is C15H16N2O3. The van der Waals surface area contributed by atoms with Gasteiger partial charge in [0.05, 0.1) is 12.8 Å². The van der Waals surface area contributed by atoms with E-state index in [-0.39, 0.29) is 5.91 Å². The van der Waals surface area contributed by atoms with Gasteiger partial charge < -0.3 is 4.74 Å². The number of hydroxylamine groups is 2. The van der Waals surface area contributed by atoms with Gasteiger partial charge in [-0.2, -0.15) is 0 Å². The second-order valence-electron chi connectivity index (χ2n) is 4.12. The van der Waals surface area contributed by atoms with Crippen LogP contribution in [0, 0.1) is 0 Å². The van der Waals surface area contributed by atoms with Gasteiger partial charge in [0.1, 0.15) is 12.4 Å². The highest BCUT2D eigenvalue weighted by atomic mass is 16.7. The lowest BCUT2D eigenvalue weighted by Crippen LogP contribution is -2.25. The summed E-state index contributed by atoms with van der Waals surface area (Å²) in [5.41, 5.74) is 1.34. The van der Waals surface area contributed by atoms with E-state index < -0.39 is 0 Å². The number of rotatable bonds is 5. The highest BCUT2D eigenvalue weighted by Gasteiger charge is 2.11. The van der Waals surface area contributed by atoms with E-state index in [2.05, 4.69) is 4.98 Å². The molecule has 2 aromatic rings. The molecule has 0 N–H and O–H groups in total. The first-order valence-electron chi connectivity index (χ1n) is 6.15. The van der Waals surface area contributed by atoms with Crippen LogP contribution in [0.2, 0.25) is 0 Å². The molecular weight excluding hydrogens is 256 g/mol. The Labute approximate surface area is 117 Å². The molecule has 0 aliphatic heterocycles. The number of aromatic nitrogens is 1. The van der Waals surface area contributed by atoms with E-state index in [1.54, 1.807) is 37.5 Å². The van der Waals surface area contributed by atoms with Gasteiger partial charge in [0.25, 0.3) is 5.91 Å². The monoisotopic (exact) mass is 272 g/mol. The first-order chi connectivity index (χ1) is 9.70. The van der Waals surface area contributed by atoms with E-state index in [1.807, 2.05) is 18.2 Å². The van der Waals surface area contributed by atoms with Crippen molar-refractivity contribution >= 4 is 5.91 Å². The van der Waals surface area contributed by atoms with Crippen molar-refractivity contribution in [2.75, 3.05) is 14.2 Å². The van der Waals surface area contributed by atoms with Crippen LogP contribution in [0.15, 0.2) is 48.7 Å². The Morgan fingerprint density at radius 2 is 2.10 bits per heavy atom. The zero-order valence-electron chi connectivity index (χ0n) is 11.4. The normalized spacial score (nSPS) is 10.1. The Bertz CT molecular complexity index is 572. The minimum atomic E-state index is -0.226. The molecule has 0 fully saturated rings. The second-order valence-corrected chi connectivity index (χ2v) is 4.12. The standard InChI is InChI=1S/C15H16N2O3/c1-17(19-2)15(18)12-6-5-8-14(10-12)20-11-13-7-3-4-9-16-13/h3-10H,11H2,1-2H3. The summed E-state index contributed by atoms with van der Waals surface area (Å²) < 4.78 is 5.62. The number of nitrogens with zero attached hydrogens (tertiary/aromatic N) is 2. The van der Waals surface area contributed by atoms with E-state index in [1.165, 1.54) is 7.11 Å². The molecule has 5 nitrogen and oxygen atoms in total. The predicted octanol–water partition coefficient (Wildman–Crippen LogP) is 2.29. The Morgan fingerprint density at radius 3 is 2.80 bits per heavy atom. The second kappa shape index (κ2) is 6.68. The molecule has 1 aromatic heterocycles. The highest BCUT2D eigenvalue weighted by Crippen LogP contribution is 2.16. The zero-order valence-corrected chi connectivity index (χ0v) is 11.4.